The van der Waals surface area contributed by atoms with Crippen molar-refractivity contribution < 1.29 is 6.85 Å². The maximum absolute atomic E-state index is 9.02. The molecule has 1 aliphatic rings. The molecule has 0 aliphatic heterocycles. The van der Waals surface area contributed by atoms with Crippen LogP contribution < -0.4 is 5.19 Å². The summed E-state index contributed by atoms with van der Waals surface area (Å²) in [6.45, 7) is 6.63. The van der Waals surface area contributed by atoms with E-state index < -0.39 is 14.4 Å². The number of rotatable bonds is 4. The summed E-state index contributed by atoms with van der Waals surface area (Å²) in [5.41, 5.74) is 1.92. The van der Waals surface area contributed by atoms with Crippen molar-refractivity contribution in [3.8, 4) is 11.3 Å². The fourth-order valence-corrected chi connectivity index (χ4v) is 4.66. The van der Waals surface area contributed by atoms with E-state index in [2.05, 4.69) is 24.6 Å². The molecule has 1 heterocycles. The van der Waals surface area contributed by atoms with E-state index >= 15 is 0 Å². The minimum absolute atomic E-state index is 0.00425. The standard InChI is InChI=1S/C21H29NSi/c1-23(2,3)21-16-22-20(18-12-8-5-9-13-18)15-19(21)14-17-10-6-4-7-11-17/h5,8-9,12-13,15-17H,4,6-7,10-11,14H2,1-3H3/i5D,8D,9D,14D2. The Kier molecular flexibility index (Phi) is 3.41. The lowest BCUT2D eigenvalue weighted by Crippen LogP contribution is -2.41. The van der Waals surface area contributed by atoms with E-state index in [1.807, 2.05) is 12.3 Å². The molecule has 0 bridgehead atoms. The van der Waals surface area contributed by atoms with Crippen molar-refractivity contribution in [2.75, 3.05) is 0 Å². The van der Waals surface area contributed by atoms with Gasteiger partial charge in [0, 0.05) is 14.5 Å². The average Bonchev–Trinajstić information content (AvgIpc) is 2.65. The van der Waals surface area contributed by atoms with Crippen LogP contribution in [0.2, 0.25) is 19.6 Å². The largest absolute Gasteiger partial charge is 0.256 e. The van der Waals surface area contributed by atoms with Crippen LogP contribution in [0, 0.1) is 5.92 Å². The van der Waals surface area contributed by atoms with Crippen molar-refractivity contribution in [1.29, 1.82) is 0 Å². The van der Waals surface area contributed by atoms with Crippen molar-refractivity contribution >= 4 is 13.3 Å². The molecular formula is C21H29NSi. The zero-order valence-electron chi connectivity index (χ0n) is 19.4. The van der Waals surface area contributed by atoms with E-state index in [0.717, 1.165) is 36.4 Å². The normalized spacial score (nSPS) is 20.2. The maximum atomic E-state index is 9.02. The topological polar surface area (TPSA) is 12.9 Å². The lowest BCUT2D eigenvalue weighted by Gasteiger charge is -2.26. The van der Waals surface area contributed by atoms with E-state index in [-0.39, 0.29) is 24.0 Å². The highest BCUT2D eigenvalue weighted by atomic mass is 28.3. The first-order chi connectivity index (χ1) is 13.0. The van der Waals surface area contributed by atoms with Gasteiger partial charge in [0.15, 0.2) is 0 Å². The van der Waals surface area contributed by atoms with E-state index in [1.54, 1.807) is 12.1 Å². The van der Waals surface area contributed by atoms with Crippen LogP contribution in [-0.4, -0.2) is 13.1 Å². The molecule has 1 aliphatic carbocycles. The van der Waals surface area contributed by atoms with Crippen LogP contribution in [0.4, 0.5) is 0 Å². The molecule has 1 aromatic heterocycles. The van der Waals surface area contributed by atoms with Gasteiger partial charge in [0.25, 0.3) is 0 Å². The quantitative estimate of drug-likeness (QED) is 0.683. The number of pyridine rings is 1. The summed E-state index contributed by atoms with van der Waals surface area (Å²) >= 11 is 0. The lowest BCUT2D eigenvalue weighted by atomic mass is 9.85. The average molecular weight is 329 g/mol. The highest BCUT2D eigenvalue weighted by Crippen LogP contribution is 2.28. The van der Waals surface area contributed by atoms with Crippen molar-refractivity contribution in [1.82, 2.24) is 4.98 Å². The molecule has 0 atom stereocenters. The third kappa shape index (κ3) is 4.11. The third-order valence-electron chi connectivity index (χ3n) is 4.57. The van der Waals surface area contributed by atoms with Gasteiger partial charge in [0.1, 0.15) is 0 Å². The van der Waals surface area contributed by atoms with Gasteiger partial charge in [0.2, 0.25) is 0 Å². The van der Waals surface area contributed by atoms with Gasteiger partial charge in [-0.05, 0) is 29.1 Å². The number of nitrogens with zero attached hydrogens (tertiary/aromatic N) is 1. The first kappa shape index (κ1) is 11.2. The summed E-state index contributed by atoms with van der Waals surface area (Å²) in [4.78, 5) is 4.59. The zero-order chi connectivity index (χ0) is 20.7. The summed E-state index contributed by atoms with van der Waals surface area (Å²) < 4.78 is 41.6. The first-order valence-electron chi connectivity index (χ1n) is 11.1. The lowest BCUT2D eigenvalue weighted by molar-refractivity contribution is 0.357. The van der Waals surface area contributed by atoms with Gasteiger partial charge in [0.05, 0.1) is 17.9 Å². The first-order valence-corrected chi connectivity index (χ1v) is 12.1. The molecular weight excluding hydrogens is 294 g/mol. The van der Waals surface area contributed by atoms with Crippen LogP contribution in [0.1, 0.15) is 44.5 Å². The molecule has 1 fully saturated rings. The van der Waals surface area contributed by atoms with Gasteiger partial charge < -0.3 is 0 Å². The minimum Gasteiger partial charge on any atom is -0.256 e. The van der Waals surface area contributed by atoms with E-state index in [9.17, 15) is 0 Å². The Bertz CT molecular complexity index is 847. The van der Waals surface area contributed by atoms with E-state index in [4.69, 9.17) is 6.85 Å². The smallest absolute Gasteiger partial charge is 0.0799 e. The van der Waals surface area contributed by atoms with Crippen LogP contribution in [-0.2, 0) is 6.37 Å². The minimum atomic E-state index is -1.81. The van der Waals surface area contributed by atoms with Crippen LogP contribution in [0.3, 0.4) is 0 Å². The van der Waals surface area contributed by atoms with Crippen LogP contribution >= 0.6 is 0 Å². The zero-order valence-corrected chi connectivity index (χ0v) is 15.4. The molecule has 2 heteroatoms. The van der Waals surface area contributed by atoms with Gasteiger partial charge in [-0.3, -0.25) is 4.98 Å². The van der Waals surface area contributed by atoms with Gasteiger partial charge in [-0.15, -0.1) is 0 Å². The van der Waals surface area contributed by atoms with E-state index in [1.165, 1.54) is 6.42 Å². The highest BCUT2D eigenvalue weighted by Gasteiger charge is 2.23. The Hall–Kier alpha value is -1.41. The van der Waals surface area contributed by atoms with Crippen molar-refractivity contribution in [2.45, 2.75) is 58.1 Å². The van der Waals surface area contributed by atoms with Crippen molar-refractivity contribution in [3.63, 3.8) is 0 Å². The molecule has 1 aromatic carbocycles. The Morgan fingerprint density at radius 1 is 1.13 bits per heavy atom. The third-order valence-corrected chi connectivity index (χ3v) is 6.59. The summed E-state index contributed by atoms with van der Waals surface area (Å²) in [5.74, 6) is 0.0145. The van der Waals surface area contributed by atoms with Gasteiger partial charge in [-0.25, -0.2) is 0 Å². The molecule has 0 amide bonds. The summed E-state index contributed by atoms with van der Waals surface area (Å²) in [6.07, 6.45) is 5.58. The molecule has 3 rings (SSSR count). The second-order valence-electron chi connectivity index (χ2n) is 7.50. The predicted octanol–water partition coefficient (Wildman–Crippen LogP) is 5.42. The van der Waals surface area contributed by atoms with Crippen molar-refractivity contribution in [3.05, 3.63) is 48.1 Å². The molecule has 122 valence electrons. The summed E-state index contributed by atoms with van der Waals surface area (Å²) in [5, 5.41) is 1.04. The molecule has 0 spiro atoms. The fourth-order valence-electron chi connectivity index (χ4n) is 3.26. The van der Waals surface area contributed by atoms with E-state index in [0.29, 0.717) is 11.3 Å². The van der Waals surface area contributed by atoms with Crippen LogP contribution in [0.15, 0.2) is 42.5 Å². The SMILES string of the molecule is [2H]c1cc(-c2cc(C([2H])([2H])C3CCCCC3)c([Si](C)(C)C)cn2)cc([2H])c1[2H]. The van der Waals surface area contributed by atoms with Crippen LogP contribution in [0.25, 0.3) is 11.3 Å². The monoisotopic (exact) mass is 328 g/mol. The fraction of sp³-hybridized carbons (Fsp3) is 0.476. The van der Waals surface area contributed by atoms with Crippen LogP contribution in [0.5, 0.6) is 0 Å². The molecule has 0 N–H and O–H groups in total. The Morgan fingerprint density at radius 2 is 1.83 bits per heavy atom. The highest BCUT2D eigenvalue weighted by molar-refractivity contribution is 6.89. The second-order valence-corrected chi connectivity index (χ2v) is 12.5. The number of hydrogen-bond acceptors (Lipinski definition) is 1. The summed E-state index contributed by atoms with van der Waals surface area (Å²) in [7, 11) is -1.81. The number of aromatic nitrogens is 1. The molecule has 1 saturated carbocycles. The predicted molar refractivity (Wildman–Crippen MR) is 103 cm³/mol. The molecule has 23 heavy (non-hydrogen) atoms. The number of hydrogen-bond donors (Lipinski definition) is 0. The molecule has 1 nitrogen and oxygen atoms in total. The van der Waals surface area contributed by atoms with Gasteiger partial charge in [-0.2, -0.15) is 0 Å². The molecule has 0 radical (unpaired) electrons. The summed E-state index contributed by atoms with van der Waals surface area (Å²) in [6, 6.07) is 4.85. The molecule has 0 unspecified atom stereocenters. The molecule has 0 saturated heterocycles. The molecule has 2 aromatic rings. The Labute approximate surface area is 149 Å². The Balaban J connectivity index is 2.15. The van der Waals surface area contributed by atoms with Gasteiger partial charge >= 0.3 is 0 Å². The van der Waals surface area contributed by atoms with Gasteiger partial charge in [-0.1, -0.05) is 82.0 Å². The maximum Gasteiger partial charge on any atom is 0.0799 e. The number of benzene rings is 1. The Morgan fingerprint density at radius 3 is 2.48 bits per heavy atom. The second kappa shape index (κ2) is 7.00. The van der Waals surface area contributed by atoms with Crippen molar-refractivity contribution in [2.24, 2.45) is 5.92 Å².